The first-order chi connectivity index (χ1) is 9.41. The Morgan fingerprint density at radius 1 is 1.55 bits per heavy atom. The van der Waals surface area contributed by atoms with Crippen LogP contribution in [0.3, 0.4) is 0 Å². The van der Waals surface area contributed by atoms with Crippen LogP contribution in [0.4, 0.5) is 11.4 Å². The van der Waals surface area contributed by atoms with Crippen LogP contribution in [-0.2, 0) is 0 Å². The molecule has 0 aromatic heterocycles. The van der Waals surface area contributed by atoms with Gasteiger partial charge in [-0.3, -0.25) is 10.1 Å². The third-order valence-corrected chi connectivity index (χ3v) is 4.92. The van der Waals surface area contributed by atoms with E-state index in [2.05, 4.69) is 19.2 Å². The molecule has 1 aromatic rings. The van der Waals surface area contributed by atoms with Crippen molar-refractivity contribution in [3.05, 3.63) is 33.9 Å². The van der Waals surface area contributed by atoms with E-state index in [0.717, 1.165) is 17.9 Å². The third kappa shape index (κ3) is 3.42. The first kappa shape index (κ1) is 14.7. The minimum Gasteiger partial charge on any atom is -0.376 e. The van der Waals surface area contributed by atoms with Gasteiger partial charge in [0.05, 0.1) is 16.6 Å². The molecule has 1 aliphatic rings. The fourth-order valence-corrected chi connectivity index (χ4v) is 3.72. The van der Waals surface area contributed by atoms with Crippen LogP contribution < -0.4 is 5.32 Å². The van der Waals surface area contributed by atoms with Crippen molar-refractivity contribution < 1.29 is 4.92 Å². The van der Waals surface area contributed by atoms with Gasteiger partial charge in [-0.15, -0.1) is 0 Å². The Morgan fingerprint density at radius 2 is 2.30 bits per heavy atom. The normalized spacial score (nSPS) is 20.9. The van der Waals surface area contributed by atoms with Gasteiger partial charge in [0.1, 0.15) is 5.69 Å². The van der Waals surface area contributed by atoms with Crippen LogP contribution in [0.2, 0.25) is 0 Å². The highest BCUT2D eigenvalue weighted by atomic mass is 32.2. The molecule has 1 saturated heterocycles. The van der Waals surface area contributed by atoms with Crippen molar-refractivity contribution in [1.82, 2.24) is 0 Å². The number of hydrogen-bond acceptors (Lipinski definition) is 5. The first-order valence-corrected chi connectivity index (χ1v) is 7.59. The summed E-state index contributed by atoms with van der Waals surface area (Å²) in [6.45, 7) is 4.42. The summed E-state index contributed by atoms with van der Waals surface area (Å²) in [5, 5.41) is 23.2. The fourth-order valence-electron chi connectivity index (χ4n) is 2.45. The summed E-state index contributed by atoms with van der Waals surface area (Å²) in [7, 11) is 0. The van der Waals surface area contributed by atoms with E-state index >= 15 is 0 Å². The van der Waals surface area contributed by atoms with Crippen molar-refractivity contribution in [2.75, 3.05) is 16.8 Å². The summed E-state index contributed by atoms with van der Waals surface area (Å²) < 4.78 is 0. The molecule has 0 amide bonds. The van der Waals surface area contributed by atoms with E-state index in [-0.39, 0.29) is 17.1 Å². The lowest BCUT2D eigenvalue weighted by Crippen LogP contribution is -2.35. The van der Waals surface area contributed by atoms with Crippen LogP contribution in [0.1, 0.15) is 25.8 Å². The highest BCUT2D eigenvalue weighted by Crippen LogP contribution is 2.36. The maximum absolute atomic E-state index is 11.1. The number of anilines is 1. The Kier molecular flexibility index (Phi) is 4.19. The lowest BCUT2D eigenvalue weighted by Gasteiger charge is -2.35. The molecule has 0 saturated carbocycles. The van der Waals surface area contributed by atoms with Gasteiger partial charge in [0.15, 0.2) is 0 Å². The maximum atomic E-state index is 11.1. The zero-order valence-corrected chi connectivity index (χ0v) is 12.4. The van der Waals surface area contributed by atoms with Gasteiger partial charge >= 0.3 is 0 Å². The molecule has 1 atom stereocenters. The predicted molar refractivity (Wildman–Crippen MR) is 80.9 cm³/mol. The summed E-state index contributed by atoms with van der Waals surface area (Å²) in [6, 6.07) is 6.71. The Balaban J connectivity index is 2.21. The number of benzene rings is 1. The van der Waals surface area contributed by atoms with Gasteiger partial charge in [-0.25, -0.2) is 0 Å². The van der Waals surface area contributed by atoms with E-state index in [1.165, 1.54) is 6.07 Å². The molecular formula is C14H17N3O2S. The zero-order valence-electron chi connectivity index (χ0n) is 11.5. The lowest BCUT2D eigenvalue weighted by atomic mass is 9.87. The molecule has 1 aromatic carbocycles. The van der Waals surface area contributed by atoms with Crippen molar-refractivity contribution in [2.45, 2.75) is 26.3 Å². The average Bonchev–Trinajstić information content (AvgIpc) is 2.37. The van der Waals surface area contributed by atoms with Crippen LogP contribution in [0, 0.1) is 26.9 Å². The second-order valence-corrected chi connectivity index (χ2v) is 6.86. The molecule has 5 nitrogen and oxygen atoms in total. The Morgan fingerprint density at radius 3 is 2.90 bits per heavy atom. The van der Waals surface area contributed by atoms with Crippen LogP contribution in [-0.4, -0.2) is 22.5 Å². The number of nitro benzene ring substituents is 1. The molecule has 20 heavy (non-hydrogen) atoms. The third-order valence-electron chi connectivity index (χ3n) is 3.29. The van der Waals surface area contributed by atoms with Crippen molar-refractivity contribution in [2.24, 2.45) is 5.41 Å². The number of rotatable bonds is 3. The molecule has 0 radical (unpaired) electrons. The Hall–Kier alpha value is -1.74. The van der Waals surface area contributed by atoms with E-state index in [4.69, 9.17) is 5.26 Å². The molecule has 1 fully saturated rings. The SMILES string of the molecule is CC1(C)CSCC(Nc2ccc(C#N)cc2[N+](=O)[O-])C1. The van der Waals surface area contributed by atoms with Gasteiger partial charge in [0.25, 0.3) is 5.69 Å². The van der Waals surface area contributed by atoms with E-state index < -0.39 is 4.92 Å². The van der Waals surface area contributed by atoms with Crippen molar-refractivity contribution in [3.8, 4) is 6.07 Å². The van der Waals surface area contributed by atoms with Crippen LogP contribution in [0.5, 0.6) is 0 Å². The number of nitrogens with zero attached hydrogens (tertiary/aromatic N) is 2. The fraction of sp³-hybridized carbons (Fsp3) is 0.500. The quantitative estimate of drug-likeness (QED) is 0.682. The van der Waals surface area contributed by atoms with Crippen molar-refractivity contribution >= 4 is 23.1 Å². The van der Waals surface area contributed by atoms with E-state index in [0.29, 0.717) is 11.3 Å². The number of nitrogens with one attached hydrogen (secondary N) is 1. The van der Waals surface area contributed by atoms with Crippen molar-refractivity contribution in [3.63, 3.8) is 0 Å². The average molecular weight is 291 g/mol. The Bertz CT molecular complexity index is 566. The number of thioether (sulfide) groups is 1. The monoisotopic (exact) mass is 291 g/mol. The van der Waals surface area contributed by atoms with Gasteiger partial charge in [0.2, 0.25) is 0 Å². The highest BCUT2D eigenvalue weighted by Gasteiger charge is 2.29. The van der Waals surface area contributed by atoms with Gasteiger partial charge in [-0.1, -0.05) is 13.8 Å². The first-order valence-electron chi connectivity index (χ1n) is 6.44. The number of nitriles is 1. The molecule has 1 unspecified atom stereocenters. The van der Waals surface area contributed by atoms with Gasteiger partial charge in [0, 0.05) is 17.9 Å². The lowest BCUT2D eigenvalue weighted by molar-refractivity contribution is -0.384. The second-order valence-electron chi connectivity index (χ2n) is 5.83. The van der Waals surface area contributed by atoms with E-state index in [1.807, 2.05) is 17.8 Å². The van der Waals surface area contributed by atoms with Crippen LogP contribution >= 0.6 is 11.8 Å². The standard InChI is InChI=1S/C14H17N3O2S/c1-14(2)6-11(8-20-9-14)16-12-4-3-10(7-15)5-13(12)17(18)19/h3-5,11,16H,6,8-9H2,1-2H3. The summed E-state index contributed by atoms with van der Waals surface area (Å²) in [4.78, 5) is 10.7. The highest BCUT2D eigenvalue weighted by molar-refractivity contribution is 7.99. The number of hydrogen-bond donors (Lipinski definition) is 1. The van der Waals surface area contributed by atoms with Gasteiger partial charge in [-0.05, 0) is 29.7 Å². The molecular weight excluding hydrogens is 274 g/mol. The molecule has 1 N–H and O–H groups in total. The maximum Gasteiger partial charge on any atom is 0.293 e. The number of nitro groups is 1. The zero-order chi connectivity index (χ0) is 14.8. The molecule has 0 bridgehead atoms. The molecule has 2 rings (SSSR count). The summed E-state index contributed by atoms with van der Waals surface area (Å²) >= 11 is 1.87. The molecule has 0 aliphatic carbocycles. The second kappa shape index (κ2) is 5.71. The minimum atomic E-state index is -0.440. The van der Waals surface area contributed by atoms with Crippen LogP contribution in [0.25, 0.3) is 0 Å². The van der Waals surface area contributed by atoms with E-state index in [1.54, 1.807) is 12.1 Å². The van der Waals surface area contributed by atoms with E-state index in [9.17, 15) is 10.1 Å². The summed E-state index contributed by atoms with van der Waals surface area (Å²) in [5.41, 5.74) is 1.01. The summed E-state index contributed by atoms with van der Waals surface area (Å²) in [5.74, 6) is 2.06. The van der Waals surface area contributed by atoms with Gasteiger partial charge in [-0.2, -0.15) is 17.0 Å². The smallest absolute Gasteiger partial charge is 0.293 e. The molecule has 106 valence electrons. The minimum absolute atomic E-state index is 0.0302. The Labute approximate surface area is 122 Å². The summed E-state index contributed by atoms with van der Waals surface area (Å²) in [6.07, 6.45) is 0.983. The van der Waals surface area contributed by atoms with Crippen LogP contribution in [0.15, 0.2) is 18.2 Å². The topological polar surface area (TPSA) is 79.0 Å². The predicted octanol–water partition coefficient (Wildman–Crippen LogP) is 3.41. The largest absolute Gasteiger partial charge is 0.376 e. The molecule has 1 aliphatic heterocycles. The molecule has 0 spiro atoms. The molecule has 1 heterocycles. The van der Waals surface area contributed by atoms with Gasteiger partial charge < -0.3 is 5.32 Å². The van der Waals surface area contributed by atoms with Crippen molar-refractivity contribution in [1.29, 1.82) is 5.26 Å². The molecule has 6 heteroatoms.